The predicted molar refractivity (Wildman–Crippen MR) is 94.8 cm³/mol. The van der Waals surface area contributed by atoms with Gasteiger partial charge >= 0.3 is 6.41 Å². The van der Waals surface area contributed by atoms with E-state index in [-0.39, 0.29) is 17.5 Å². The number of rotatable bonds is 3. The van der Waals surface area contributed by atoms with Crippen molar-refractivity contribution in [2.75, 3.05) is 19.6 Å². The van der Waals surface area contributed by atoms with E-state index in [1.807, 2.05) is 11.0 Å². The Kier molecular flexibility index (Phi) is 5.57. The maximum atomic E-state index is 11.2. The van der Waals surface area contributed by atoms with Crippen LogP contribution in [0.25, 0.3) is 0 Å². The lowest BCUT2D eigenvalue weighted by molar-refractivity contribution is 0.0397. The summed E-state index contributed by atoms with van der Waals surface area (Å²) in [7, 11) is 0. The molecule has 1 amide bonds. The van der Waals surface area contributed by atoms with Crippen molar-refractivity contribution >= 4 is 33.9 Å². The third-order valence-electron chi connectivity index (χ3n) is 4.50. The van der Waals surface area contributed by atoms with E-state index < -0.39 is 0 Å². The van der Waals surface area contributed by atoms with Crippen molar-refractivity contribution in [2.45, 2.75) is 39.8 Å². The van der Waals surface area contributed by atoms with Crippen LogP contribution in [0, 0.1) is 5.41 Å². The molecule has 0 aliphatic carbocycles. The summed E-state index contributed by atoms with van der Waals surface area (Å²) in [5, 5.41) is 0.726. The molecule has 22 heavy (non-hydrogen) atoms. The Labute approximate surface area is 146 Å². The van der Waals surface area contributed by atoms with Crippen LogP contribution < -0.4 is 0 Å². The van der Waals surface area contributed by atoms with Crippen molar-refractivity contribution in [1.29, 1.82) is 0 Å². The molecule has 2 rings (SSSR count). The Bertz CT molecular complexity index is 544. The summed E-state index contributed by atoms with van der Waals surface area (Å²) >= 11 is 9.57. The molecule has 0 saturated carbocycles. The molecule has 0 bridgehead atoms. The first kappa shape index (κ1) is 17.8. The molecule has 1 aliphatic rings. The lowest BCUT2D eigenvalue weighted by Gasteiger charge is -2.47. The zero-order valence-corrected chi connectivity index (χ0v) is 15.9. The predicted octanol–water partition coefficient (Wildman–Crippen LogP) is 4.26. The van der Waals surface area contributed by atoms with Crippen molar-refractivity contribution in [2.24, 2.45) is 5.41 Å². The molecule has 1 saturated heterocycles. The fourth-order valence-corrected chi connectivity index (χ4v) is 3.50. The summed E-state index contributed by atoms with van der Waals surface area (Å²) in [5.74, 6) is 0. The maximum Gasteiger partial charge on any atom is 0.312 e. The zero-order chi connectivity index (χ0) is 16.5. The highest BCUT2D eigenvalue weighted by atomic mass is 79.9. The smallest absolute Gasteiger partial charge is 0.312 e. The van der Waals surface area contributed by atoms with Crippen LogP contribution in [0.3, 0.4) is 0 Å². The van der Waals surface area contributed by atoms with Gasteiger partial charge in [-0.2, -0.15) is 0 Å². The Morgan fingerprint density at radius 1 is 1.36 bits per heavy atom. The van der Waals surface area contributed by atoms with Crippen LogP contribution in [0.1, 0.15) is 39.3 Å². The summed E-state index contributed by atoms with van der Waals surface area (Å²) in [4.78, 5) is 15.5. The summed E-state index contributed by atoms with van der Waals surface area (Å²) in [6.07, 6.45) is 2.11. The number of hydrogen-bond donors (Lipinski definition) is 0. The first-order chi connectivity index (χ1) is 10.2. The van der Waals surface area contributed by atoms with Gasteiger partial charge in [0, 0.05) is 36.2 Å². The number of hydrogen-bond acceptors (Lipinski definition) is 2. The first-order valence-corrected chi connectivity index (χ1v) is 8.74. The largest absolute Gasteiger partial charge is 0.328 e. The fraction of sp³-hybridized carbons (Fsp3) is 0.588. The van der Waals surface area contributed by atoms with Gasteiger partial charge in [-0.15, -0.1) is 0 Å². The van der Waals surface area contributed by atoms with Gasteiger partial charge in [0.05, 0.1) is 5.02 Å². The highest BCUT2D eigenvalue weighted by Crippen LogP contribution is 2.32. The first-order valence-electron chi connectivity index (χ1n) is 7.57. The summed E-state index contributed by atoms with van der Waals surface area (Å²) in [6, 6.07) is 6.54. The van der Waals surface area contributed by atoms with Gasteiger partial charge in [0.1, 0.15) is 0 Å². The molecule has 3 nitrogen and oxygen atoms in total. The Morgan fingerprint density at radius 2 is 2.05 bits per heavy atom. The molecular weight excluding hydrogens is 364 g/mol. The maximum absolute atomic E-state index is 11.2. The molecule has 2 unspecified atom stereocenters. The van der Waals surface area contributed by atoms with Crippen molar-refractivity contribution < 1.29 is 4.79 Å². The summed E-state index contributed by atoms with van der Waals surface area (Å²) in [6.45, 7) is 11.2. The third kappa shape index (κ3) is 3.84. The molecule has 2 atom stereocenters. The molecule has 1 fully saturated rings. The van der Waals surface area contributed by atoms with Gasteiger partial charge in [-0.05, 0) is 46.0 Å². The van der Waals surface area contributed by atoms with Crippen LogP contribution in [-0.2, 0) is 4.79 Å². The summed E-state index contributed by atoms with van der Waals surface area (Å²) in [5.41, 5.74) is 1.27. The molecule has 5 heteroatoms. The van der Waals surface area contributed by atoms with Gasteiger partial charge in [-0.3, -0.25) is 9.69 Å². The number of carbonyl (C=O) groups excluding carboxylic acids is 1. The Morgan fingerprint density at radius 3 is 2.59 bits per heavy atom. The normalized spacial score (nSPS) is 21.7. The van der Waals surface area contributed by atoms with Gasteiger partial charge in [0.2, 0.25) is 0 Å². The minimum atomic E-state index is 0.0381. The standard InChI is InChI=1S/C17H23BrClN2O/c1-12(13-5-6-15(19)14(18)9-13)20-7-8-21(11-22)16(10-20)17(2,3)4/h5-6,9,12,16H,7-8,10H2,1-4H3. The monoisotopic (exact) mass is 385 g/mol. The minimum Gasteiger partial charge on any atom is -0.328 e. The van der Waals surface area contributed by atoms with E-state index in [1.165, 1.54) is 5.56 Å². The van der Waals surface area contributed by atoms with E-state index in [0.717, 1.165) is 29.1 Å². The summed E-state index contributed by atoms with van der Waals surface area (Å²) < 4.78 is 0.922. The van der Waals surface area contributed by atoms with Crippen LogP contribution >= 0.6 is 27.5 Å². The zero-order valence-electron chi connectivity index (χ0n) is 13.6. The quantitative estimate of drug-likeness (QED) is 0.775. The van der Waals surface area contributed by atoms with Crippen molar-refractivity contribution in [1.82, 2.24) is 9.80 Å². The Balaban J connectivity index is 2.18. The lowest BCUT2D eigenvalue weighted by atomic mass is 9.84. The lowest BCUT2D eigenvalue weighted by Crippen LogP contribution is -2.57. The van der Waals surface area contributed by atoms with E-state index in [2.05, 4.69) is 67.1 Å². The molecule has 1 heterocycles. The third-order valence-corrected chi connectivity index (χ3v) is 5.72. The number of nitrogens with zero attached hydrogens (tertiary/aromatic N) is 2. The molecule has 0 N–H and O–H groups in total. The number of piperazine rings is 1. The van der Waals surface area contributed by atoms with E-state index >= 15 is 0 Å². The molecule has 1 aromatic carbocycles. The van der Waals surface area contributed by atoms with Crippen LogP contribution in [0.15, 0.2) is 22.7 Å². The van der Waals surface area contributed by atoms with Crippen LogP contribution in [0.5, 0.6) is 0 Å². The fourth-order valence-electron chi connectivity index (χ4n) is 2.99. The van der Waals surface area contributed by atoms with E-state index in [1.54, 1.807) is 0 Å². The second-order valence-corrected chi connectivity index (χ2v) is 8.27. The molecule has 0 aromatic heterocycles. The van der Waals surface area contributed by atoms with Crippen molar-refractivity contribution in [3.05, 3.63) is 33.3 Å². The molecular formula is C17H23BrClN2O. The molecule has 1 radical (unpaired) electrons. The van der Waals surface area contributed by atoms with Crippen LogP contribution in [-0.4, -0.2) is 41.9 Å². The van der Waals surface area contributed by atoms with Gasteiger partial charge in [0.15, 0.2) is 0 Å². The highest BCUT2D eigenvalue weighted by molar-refractivity contribution is 9.10. The Hall–Kier alpha value is -0.580. The van der Waals surface area contributed by atoms with E-state index in [0.29, 0.717) is 0 Å². The topological polar surface area (TPSA) is 23.6 Å². The van der Waals surface area contributed by atoms with Gasteiger partial charge in [-0.25, -0.2) is 0 Å². The van der Waals surface area contributed by atoms with Crippen molar-refractivity contribution in [3.63, 3.8) is 0 Å². The second kappa shape index (κ2) is 6.90. The van der Waals surface area contributed by atoms with Gasteiger partial charge in [-0.1, -0.05) is 38.4 Å². The average molecular weight is 387 g/mol. The number of amides is 1. The highest BCUT2D eigenvalue weighted by Gasteiger charge is 2.36. The molecule has 121 valence electrons. The molecule has 1 aromatic rings. The van der Waals surface area contributed by atoms with Crippen LogP contribution in [0.2, 0.25) is 5.02 Å². The van der Waals surface area contributed by atoms with Crippen LogP contribution in [0.4, 0.5) is 0 Å². The SMILES string of the molecule is CC(c1ccc(Cl)c(Br)c1)N1CCN([C]=O)C(C(C)(C)C)C1. The number of benzene rings is 1. The average Bonchev–Trinajstić information content (AvgIpc) is 2.47. The van der Waals surface area contributed by atoms with E-state index in [4.69, 9.17) is 11.6 Å². The van der Waals surface area contributed by atoms with Gasteiger partial charge < -0.3 is 4.90 Å². The molecule has 0 spiro atoms. The van der Waals surface area contributed by atoms with E-state index in [9.17, 15) is 4.79 Å². The molecule has 1 aliphatic heterocycles. The van der Waals surface area contributed by atoms with Gasteiger partial charge in [0.25, 0.3) is 0 Å². The number of halogens is 2. The second-order valence-electron chi connectivity index (χ2n) is 7.01. The van der Waals surface area contributed by atoms with Crippen molar-refractivity contribution in [3.8, 4) is 0 Å². The minimum absolute atomic E-state index is 0.0381.